The summed E-state index contributed by atoms with van der Waals surface area (Å²) in [5.74, 6) is -1.33. The Hall–Kier alpha value is -2.51. The molecule has 0 bridgehead atoms. The standard InChI is InChI=1S/C14H13F3N2O3/c1-8-5-10(22-14(15,16)17)3-4-11(8)12-6-19(7-13(20)21)18-9(12)2/h3-6H,7H2,1-2H3,(H,20,21). The van der Waals surface area contributed by atoms with Crippen LogP contribution < -0.4 is 4.74 Å². The highest BCUT2D eigenvalue weighted by Gasteiger charge is 2.31. The Bertz CT molecular complexity index is 708. The fourth-order valence-corrected chi connectivity index (χ4v) is 2.14. The van der Waals surface area contributed by atoms with E-state index in [2.05, 4.69) is 9.84 Å². The summed E-state index contributed by atoms with van der Waals surface area (Å²) in [7, 11) is 0. The van der Waals surface area contributed by atoms with Gasteiger partial charge in [0.1, 0.15) is 12.3 Å². The molecule has 0 aliphatic rings. The molecule has 0 radical (unpaired) electrons. The molecule has 0 atom stereocenters. The minimum absolute atomic E-state index is 0.283. The van der Waals surface area contributed by atoms with Crippen LogP contribution in [0.1, 0.15) is 11.3 Å². The van der Waals surface area contributed by atoms with Crippen molar-refractivity contribution in [3.8, 4) is 16.9 Å². The number of hydrogen-bond donors (Lipinski definition) is 1. The number of benzene rings is 1. The first-order valence-corrected chi connectivity index (χ1v) is 6.28. The van der Waals surface area contributed by atoms with Crippen molar-refractivity contribution in [1.29, 1.82) is 0 Å². The van der Waals surface area contributed by atoms with Crippen molar-refractivity contribution in [2.45, 2.75) is 26.8 Å². The summed E-state index contributed by atoms with van der Waals surface area (Å²) in [6.45, 7) is 3.06. The number of carbonyl (C=O) groups is 1. The molecule has 0 fully saturated rings. The summed E-state index contributed by atoms with van der Waals surface area (Å²) >= 11 is 0. The topological polar surface area (TPSA) is 64.3 Å². The Morgan fingerprint density at radius 2 is 2.00 bits per heavy atom. The molecule has 5 nitrogen and oxygen atoms in total. The Kier molecular flexibility index (Phi) is 4.11. The van der Waals surface area contributed by atoms with Gasteiger partial charge in [0.05, 0.1) is 5.69 Å². The molecule has 1 N–H and O–H groups in total. The molecule has 0 aliphatic carbocycles. The van der Waals surface area contributed by atoms with Gasteiger partial charge in [0, 0.05) is 11.8 Å². The van der Waals surface area contributed by atoms with Crippen LogP contribution in [0.3, 0.4) is 0 Å². The summed E-state index contributed by atoms with van der Waals surface area (Å²) in [6, 6.07) is 3.98. The van der Waals surface area contributed by atoms with Gasteiger partial charge in [0.25, 0.3) is 0 Å². The number of aliphatic carboxylic acids is 1. The summed E-state index contributed by atoms with van der Waals surface area (Å²) in [5, 5.41) is 12.8. The lowest BCUT2D eigenvalue weighted by Crippen LogP contribution is -2.17. The average Bonchev–Trinajstić information content (AvgIpc) is 2.67. The van der Waals surface area contributed by atoms with Gasteiger partial charge < -0.3 is 9.84 Å². The molecule has 1 aromatic heterocycles. The van der Waals surface area contributed by atoms with E-state index in [9.17, 15) is 18.0 Å². The molecule has 0 spiro atoms. The minimum Gasteiger partial charge on any atom is -0.480 e. The summed E-state index contributed by atoms with van der Waals surface area (Å²) in [5.41, 5.74) is 2.49. The quantitative estimate of drug-likeness (QED) is 0.941. The van der Waals surface area contributed by atoms with Crippen LogP contribution in [0, 0.1) is 13.8 Å². The number of aromatic nitrogens is 2. The third-order valence-electron chi connectivity index (χ3n) is 2.97. The van der Waals surface area contributed by atoms with Gasteiger partial charge in [-0.25, -0.2) is 0 Å². The lowest BCUT2D eigenvalue weighted by atomic mass is 10.0. The third-order valence-corrected chi connectivity index (χ3v) is 2.97. The van der Waals surface area contributed by atoms with Crippen LogP contribution >= 0.6 is 0 Å². The number of ether oxygens (including phenoxy) is 1. The van der Waals surface area contributed by atoms with E-state index in [1.54, 1.807) is 20.0 Å². The fraction of sp³-hybridized carbons (Fsp3) is 0.286. The largest absolute Gasteiger partial charge is 0.573 e. The molecule has 0 unspecified atom stereocenters. The smallest absolute Gasteiger partial charge is 0.480 e. The summed E-state index contributed by atoms with van der Waals surface area (Å²) in [4.78, 5) is 10.7. The van der Waals surface area contributed by atoms with Gasteiger partial charge in [0.2, 0.25) is 0 Å². The average molecular weight is 314 g/mol. The second-order valence-electron chi connectivity index (χ2n) is 4.74. The number of alkyl halides is 3. The number of nitrogens with zero attached hydrogens (tertiary/aromatic N) is 2. The molecule has 2 rings (SSSR count). The van der Waals surface area contributed by atoms with E-state index in [0.29, 0.717) is 22.4 Å². The molecule has 1 heterocycles. The molecular formula is C14H13F3N2O3. The number of hydrogen-bond acceptors (Lipinski definition) is 3. The molecule has 0 saturated heterocycles. The van der Waals surface area contributed by atoms with E-state index < -0.39 is 12.3 Å². The molecule has 0 saturated carbocycles. The molecular weight excluding hydrogens is 301 g/mol. The zero-order chi connectivity index (χ0) is 16.5. The van der Waals surface area contributed by atoms with Crippen molar-refractivity contribution in [2.24, 2.45) is 0 Å². The Balaban J connectivity index is 2.33. The van der Waals surface area contributed by atoms with E-state index in [1.165, 1.54) is 22.9 Å². The van der Waals surface area contributed by atoms with Gasteiger partial charge in [-0.15, -0.1) is 13.2 Å². The molecule has 22 heavy (non-hydrogen) atoms. The normalized spacial score (nSPS) is 11.5. The molecule has 0 aliphatic heterocycles. The van der Waals surface area contributed by atoms with Gasteiger partial charge >= 0.3 is 12.3 Å². The molecule has 1 aromatic carbocycles. The number of rotatable bonds is 4. The van der Waals surface area contributed by atoms with Crippen LogP contribution in [0.25, 0.3) is 11.1 Å². The summed E-state index contributed by atoms with van der Waals surface area (Å²) < 4.78 is 41.7. The van der Waals surface area contributed by atoms with Crippen LogP contribution in [-0.2, 0) is 11.3 Å². The van der Waals surface area contributed by atoms with Crippen molar-refractivity contribution < 1.29 is 27.8 Å². The first-order valence-electron chi connectivity index (χ1n) is 6.28. The Labute approximate surface area is 123 Å². The van der Waals surface area contributed by atoms with Gasteiger partial charge in [-0.2, -0.15) is 5.10 Å². The van der Waals surface area contributed by atoms with E-state index >= 15 is 0 Å². The molecule has 8 heteroatoms. The van der Waals surface area contributed by atoms with E-state index in [4.69, 9.17) is 5.11 Å². The van der Waals surface area contributed by atoms with Crippen molar-refractivity contribution in [3.05, 3.63) is 35.7 Å². The Morgan fingerprint density at radius 1 is 1.32 bits per heavy atom. The number of carboxylic acids is 1. The van der Waals surface area contributed by atoms with Crippen molar-refractivity contribution in [1.82, 2.24) is 9.78 Å². The monoisotopic (exact) mass is 314 g/mol. The predicted octanol–water partition coefficient (Wildman–Crippen LogP) is 3.15. The SMILES string of the molecule is Cc1cc(OC(F)(F)F)ccc1-c1cn(CC(=O)O)nc1C. The third kappa shape index (κ3) is 3.78. The second kappa shape index (κ2) is 5.70. The second-order valence-corrected chi connectivity index (χ2v) is 4.74. The highest BCUT2D eigenvalue weighted by molar-refractivity contribution is 5.71. The fourth-order valence-electron chi connectivity index (χ4n) is 2.14. The van der Waals surface area contributed by atoms with Crippen LogP contribution in [-0.4, -0.2) is 27.2 Å². The first kappa shape index (κ1) is 15.9. The summed E-state index contributed by atoms with van der Waals surface area (Å²) in [6.07, 6.45) is -3.19. The van der Waals surface area contributed by atoms with Crippen LogP contribution in [0.5, 0.6) is 5.75 Å². The Morgan fingerprint density at radius 3 is 2.55 bits per heavy atom. The van der Waals surface area contributed by atoms with Gasteiger partial charge in [-0.05, 0) is 37.1 Å². The predicted molar refractivity (Wildman–Crippen MR) is 71.5 cm³/mol. The first-order chi connectivity index (χ1) is 10.2. The highest BCUT2D eigenvalue weighted by Crippen LogP contribution is 2.31. The van der Waals surface area contributed by atoms with Crippen LogP contribution in [0.4, 0.5) is 13.2 Å². The lowest BCUT2D eigenvalue weighted by molar-refractivity contribution is -0.274. The lowest BCUT2D eigenvalue weighted by Gasteiger charge is -2.11. The van der Waals surface area contributed by atoms with Crippen molar-refractivity contribution in [3.63, 3.8) is 0 Å². The number of halogens is 3. The maximum Gasteiger partial charge on any atom is 0.573 e. The zero-order valence-electron chi connectivity index (χ0n) is 11.8. The highest BCUT2D eigenvalue weighted by atomic mass is 19.4. The van der Waals surface area contributed by atoms with E-state index in [1.807, 2.05) is 0 Å². The van der Waals surface area contributed by atoms with Crippen LogP contribution in [0.15, 0.2) is 24.4 Å². The van der Waals surface area contributed by atoms with Gasteiger partial charge in [-0.1, -0.05) is 6.07 Å². The molecule has 0 amide bonds. The van der Waals surface area contributed by atoms with Crippen molar-refractivity contribution >= 4 is 5.97 Å². The van der Waals surface area contributed by atoms with Crippen LogP contribution in [0.2, 0.25) is 0 Å². The number of aryl methyl sites for hydroxylation is 2. The van der Waals surface area contributed by atoms with Gasteiger partial charge in [-0.3, -0.25) is 9.48 Å². The maximum absolute atomic E-state index is 12.2. The zero-order valence-corrected chi connectivity index (χ0v) is 11.8. The van der Waals surface area contributed by atoms with Crippen molar-refractivity contribution in [2.75, 3.05) is 0 Å². The maximum atomic E-state index is 12.2. The number of carboxylic acid groups (broad SMARTS) is 1. The molecule has 2 aromatic rings. The van der Waals surface area contributed by atoms with E-state index in [0.717, 1.165) is 0 Å². The van der Waals surface area contributed by atoms with E-state index in [-0.39, 0.29) is 12.3 Å². The molecule has 118 valence electrons. The minimum atomic E-state index is -4.74. The van der Waals surface area contributed by atoms with Gasteiger partial charge in [0.15, 0.2) is 0 Å².